The van der Waals surface area contributed by atoms with Crippen molar-refractivity contribution in [2.75, 3.05) is 0 Å². The number of hydrogen-bond donors (Lipinski definition) is 0. The van der Waals surface area contributed by atoms with Gasteiger partial charge in [0.1, 0.15) is 0 Å². The lowest BCUT2D eigenvalue weighted by molar-refractivity contribution is 0.859. The maximum Gasteiger partial charge on any atom is 0.0776 e. The van der Waals surface area contributed by atoms with Crippen LogP contribution in [-0.2, 0) is 5.88 Å². The highest BCUT2D eigenvalue weighted by Gasteiger charge is 1.99. The Labute approximate surface area is 92.1 Å². The van der Waals surface area contributed by atoms with Gasteiger partial charge in [-0.3, -0.25) is 0 Å². The van der Waals surface area contributed by atoms with Gasteiger partial charge in [-0.1, -0.05) is 17.7 Å². The average molecular weight is 227 g/mol. The van der Waals surface area contributed by atoms with Crippen LogP contribution in [0, 0.1) is 0 Å². The van der Waals surface area contributed by atoms with Crippen LogP contribution in [0.5, 0.6) is 0 Å². The van der Waals surface area contributed by atoms with Gasteiger partial charge in [0.15, 0.2) is 0 Å². The van der Waals surface area contributed by atoms with Crippen molar-refractivity contribution in [3.63, 3.8) is 0 Å². The van der Waals surface area contributed by atoms with E-state index >= 15 is 0 Å². The number of nitrogens with zero attached hydrogens (tertiary/aromatic N) is 2. The van der Waals surface area contributed by atoms with Crippen molar-refractivity contribution in [3.05, 3.63) is 47.2 Å². The van der Waals surface area contributed by atoms with Gasteiger partial charge in [-0.05, 0) is 24.3 Å². The highest BCUT2D eigenvalue weighted by atomic mass is 35.5. The van der Waals surface area contributed by atoms with Gasteiger partial charge >= 0.3 is 0 Å². The first-order chi connectivity index (χ1) is 6.79. The Morgan fingerprint density at radius 3 is 2.79 bits per heavy atom. The zero-order valence-electron chi connectivity index (χ0n) is 7.32. The van der Waals surface area contributed by atoms with E-state index in [2.05, 4.69) is 5.10 Å². The third-order valence-corrected chi connectivity index (χ3v) is 2.36. The lowest BCUT2D eigenvalue weighted by Gasteiger charge is -2.00. The predicted octanol–water partition coefficient (Wildman–Crippen LogP) is 3.26. The van der Waals surface area contributed by atoms with Crippen LogP contribution in [0.4, 0.5) is 0 Å². The maximum absolute atomic E-state index is 5.87. The van der Waals surface area contributed by atoms with Gasteiger partial charge in [-0.2, -0.15) is 5.10 Å². The molecule has 0 aliphatic carbocycles. The fourth-order valence-corrected chi connectivity index (χ4v) is 1.52. The zero-order chi connectivity index (χ0) is 9.97. The number of aromatic nitrogens is 2. The van der Waals surface area contributed by atoms with Crippen LogP contribution < -0.4 is 0 Å². The van der Waals surface area contributed by atoms with Crippen LogP contribution in [-0.4, -0.2) is 9.78 Å². The highest BCUT2D eigenvalue weighted by Crippen LogP contribution is 2.14. The summed E-state index contributed by atoms with van der Waals surface area (Å²) in [5, 5.41) is 4.97. The minimum atomic E-state index is 0.424. The van der Waals surface area contributed by atoms with Crippen LogP contribution in [0.15, 0.2) is 36.5 Å². The predicted molar refractivity (Wildman–Crippen MR) is 58.1 cm³/mol. The summed E-state index contributed by atoms with van der Waals surface area (Å²) < 4.78 is 1.75. The molecule has 72 valence electrons. The molecule has 0 atom stereocenters. The molecule has 2 nitrogen and oxygen atoms in total. The average Bonchev–Trinajstić information content (AvgIpc) is 2.66. The minimum absolute atomic E-state index is 0.424. The fourth-order valence-electron chi connectivity index (χ4n) is 1.20. The van der Waals surface area contributed by atoms with Crippen molar-refractivity contribution < 1.29 is 0 Å². The first-order valence-electron chi connectivity index (χ1n) is 4.16. The largest absolute Gasteiger partial charge is 0.241 e. The number of benzene rings is 1. The smallest absolute Gasteiger partial charge is 0.0776 e. The van der Waals surface area contributed by atoms with Crippen molar-refractivity contribution in [2.24, 2.45) is 0 Å². The molecular weight excluding hydrogens is 219 g/mol. The Hall–Kier alpha value is -0.990. The molecular formula is C10H8Cl2N2. The van der Waals surface area contributed by atoms with Crippen molar-refractivity contribution in [3.8, 4) is 5.69 Å². The molecule has 0 aliphatic rings. The van der Waals surface area contributed by atoms with Crippen molar-refractivity contribution in [1.29, 1.82) is 0 Å². The van der Waals surface area contributed by atoms with Gasteiger partial charge in [0.25, 0.3) is 0 Å². The van der Waals surface area contributed by atoms with E-state index in [1.54, 1.807) is 4.68 Å². The molecule has 1 heterocycles. The van der Waals surface area contributed by atoms with Crippen LogP contribution >= 0.6 is 23.2 Å². The second kappa shape index (κ2) is 4.03. The van der Waals surface area contributed by atoms with Crippen LogP contribution in [0.1, 0.15) is 5.69 Å². The van der Waals surface area contributed by atoms with Crippen LogP contribution in [0.3, 0.4) is 0 Å². The molecule has 1 aromatic carbocycles. The van der Waals surface area contributed by atoms with E-state index in [4.69, 9.17) is 23.2 Å². The van der Waals surface area contributed by atoms with E-state index in [0.717, 1.165) is 11.4 Å². The summed E-state index contributed by atoms with van der Waals surface area (Å²) in [5.41, 5.74) is 1.79. The van der Waals surface area contributed by atoms with Gasteiger partial charge in [0, 0.05) is 11.2 Å². The molecule has 1 aromatic heterocycles. The lowest BCUT2D eigenvalue weighted by atomic mass is 10.3. The zero-order valence-corrected chi connectivity index (χ0v) is 8.83. The molecule has 2 rings (SSSR count). The fraction of sp³-hybridized carbons (Fsp3) is 0.100. The topological polar surface area (TPSA) is 17.8 Å². The molecule has 0 aliphatic heterocycles. The first-order valence-corrected chi connectivity index (χ1v) is 5.07. The third-order valence-electron chi connectivity index (χ3n) is 1.85. The van der Waals surface area contributed by atoms with E-state index in [-0.39, 0.29) is 0 Å². The molecule has 0 spiro atoms. The van der Waals surface area contributed by atoms with Gasteiger partial charge in [0.2, 0.25) is 0 Å². The SMILES string of the molecule is ClCc1ccn(-c2cccc(Cl)c2)n1. The summed E-state index contributed by atoms with van der Waals surface area (Å²) in [6, 6.07) is 9.40. The summed E-state index contributed by atoms with van der Waals surface area (Å²) in [7, 11) is 0. The first kappa shape index (κ1) is 9.56. The molecule has 0 N–H and O–H groups in total. The number of rotatable bonds is 2. The quantitative estimate of drug-likeness (QED) is 0.720. The summed E-state index contributed by atoms with van der Waals surface area (Å²) in [5.74, 6) is 0.424. The second-order valence-electron chi connectivity index (χ2n) is 2.87. The van der Waals surface area contributed by atoms with E-state index in [1.807, 2.05) is 36.5 Å². The molecule has 2 aromatic rings. The normalized spacial score (nSPS) is 10.4. The molecule has 0 saturated carbocycles. The van der Waals surface area contributed by atoms with Crippen molar-refractivity contribution in [2.45, 2.75) is 5.88 Å². The lowest BCUT2D eigenvalue weighted by Crippen LogP contribution is -1.94. The van der Waals surface area contributed by atoms with Gasteiger partial charge in [-0.25, -0.2) is 4.68 Å². The van der Waals surface area contributed by atoms with Crippen molar-refractivity contribution >= 4 is 23.2 Å². The molecule has 0 unspecified atom stereocenters. The van der Waals surface area contributed by atoms with Gasteiger partial charge < -0.3 is 0 Å². The molecule has 0 bridgehead atoms. The Morgan fingerprint density at radius 2 is 2.14 bits per heavy atom. The summed E-state index contributed by atoms with van der Waals surface area (Å²) in [6.07, 6.45) is 1.86. The third kappa shape index (κ3) is 1.91. The van der Waals surface area contributed by atoms with Gasteiger partial charge in [-0.15, -0.1) is 11.6 Å². The maximum atomic E-state index is 5.87. The minimum Gasteiger partial charge on any atom is -0.241 e. The standard InChI is InChI=1S/C10H8Cl2N2/c11-7-9-4-5-14(13-9)10-3-1-2-8(12)6-10/h1-6H,7H2. The summed E-state index contributed by atoms with van der Waals surface area (Å²) >= 11 is 11.5. The van der Waals surface area contributed by atoms with Crippen LogP contribution in [0.25, 0.3) is 5.69 Å². The Morgan fingerprint density at radius 1 is 1.29 bits per heavy atom. The summed E-state index contributed by atoms with van der Waals surface area (Å²) in [6.45, 7) is 0. The second-order valence-corrected chi connectivity index (χ2v) is 3.57. The molecule has 0 saturated heterocycles. The van der Waals surface area contributed by atoms with E-state index < -0.39 is 0 Å². The monoisotopic (exact) mass is 226 g/mol. The van der Waals surface area contributed by atoms with E-state index in [0.29, 0.717) is 10.9 Å². The summed E-state index contributed by atoms with van der Waals surface area (Å²) in [4.78, 5) is 0. The Bertz CT molecular complexity index is 437. The molecule has 0 amide bonds. The Kier molecular flexibility index (Phi) is 2.75. The molecule has 4 heteroatoms. The molecule has 14 heavy (non-hydrogen) atoms. The van der Waals surface area contributed by atoms with E-state index in [9.17, 15) is 0 Å². The number of hydrogen-bond acceptors (Lipinski definition) is 1. The highest BCUT2D eigenvalue weighted by molar-refractivity contribution is 6.30. The van der Waals surface area contributed by atoms with Crippen LogP contribution in [0.2, 0.25) is 5.02 Å². The van der Waals surface area contributed by atoms with Crippen molar-refractivity contribution in [1.82, 2.24) is 9.78 Å². The number of alkyl halides is 1. The number of halogens is 2. The van der Waals surface area contributed by atoms with Gasteiger partial charge in [0.05, 0.1) is 17.3 Å². The molecule has 0 fully saturated rings. The molecule has 0 radical (unpaired) electrons. The van der Waals surface area contributed by atoms with E-state index in [1.165, 1.54) is 0 Å². The Balaban J connectivity index is 2.39.